The van der Waals surface area contributed by atoms with Crippen molar-refractivity contribution < 1.29 is 4.79 Å². The van der Waals surface area contributed by atoms with Gasteiger partial charge in [-0.3, -0.25) is 14.7 Å². The lowest BCUT2D eigenvalue weighted by Gasteiger charge is -2.32. The highest BCUT2D eigenvalue weighted by Gasteiger charge is 2.58. The first kappa shape index (κ1) is 23.6. The molecule has 0 bridgehead atoms. The van der Waals surface area contributed by atoms with Crippen LogP contribution in [-0.2, 0) is 17.8 Å². The van der Waals surface area contributed by atoms with E-state index in [1.54, 1.807) is 6.20 Å². The second-order valence-corrected chi connectivity index (χ2v) is 10.4. The van der Waals surface area contributed by atoms with Crippen molar-refractivity contribution in [2.75, 3.05) is 19.6 Å². The summed E-state index contributed by atoms with van der Waals surface area (Å²) < 4.78 is 2.00. The number of nitrogens with one attached hydrogen (secondary N) is 1. The van der Waals surface area contributed by atoms with Gasteiger partial charge >= 0.3 is 0 Å². The summed E-state index contributed by atoms with van der Waals surface area (Å²) in [6.45, 7) is 3.56. The van der Waals surface area contributed by atoms with Gasteiger partial charge in [-0.05, 0) is 62.0 Å². The average Bonchev–Trinajstić information content (AvgIpc) is 3.50. The Kier molecular flexibility index (Phi) is 6.58. The molecule has 1 aliphatic carbocycles. The largest absolute Gasteiger partial charge is 0.355 e. The maximum absolute atomic E-state index is 12.8. The monoisotopic (exact) mass is 491 g/mol. The molecule has 2 fully saturated rings. The molecule has 6 nitrogen and oxygen atoms in total. The number of carbonyl (C=O) groups is 1. The molecule has 3 heterocycles. The Morgan fingerprint density at radius 3 is 2.41 bits per heavy atom. The van der Waals surface area contributed by atoms with Gasteiger partial charge in [-0.1, -0.05) is 54.6 Å². The third-order valence-electron chi connectivity index (χ3n) is 8.02. The normalized spacial score (nSPS) is 18.5. The summed E-state index contributed by atoms with van der Waals surface area (Å²) in [4.78, 5) is 19.7. The summed E-state index contributed by atoms with van der Waals surface area (Å²) in [6.07, 6.45) is 7.95. The fourth-order valence-corrected chi connectivity index (χ4v) is 5.73. The summed E-state index contributed by atoms with van der Waals surface area (Å²) in [6, 6.07) is 26.7. The lowest BCUT2D eigenvalue weighted by Crippen LogP contribution is -2.37. The van der Waals surface area contributed by atoms with Crippen LogP contribution in [0.25, 0.3) is 16.9 Å². The first-order valence-corrected chi connectivity index (χ1v) is 13.3. The highest BCUT2D eigenvalue weighted by atomic mass is 16.2. The molecule has 1 N–H and O–H groups in total. The van der Waals surface area contributed by atoms with Crippen LogP contribution in [0.1, 0.15) is 30.5 Å². The van der Waals surface area contributed by atoms with Crippen LogP contribution in [0.5, 0.6) is 0 Å². The van der Waals surface area contributed by atoms with Crippen LogP contribution < -0.4 is 5.32 Å². The van der Waals surface area contributed by atoms with Crippen LogP contribution in [0.3, 0.4) is 0 Å². The first-order valence-electron chi connectivity index (χ1n) is 13.3. The fourth-order valence-electron chi connectivity index (χ4n) is 5.73. The number of benzene rings is 2. The molecule has 4 aromatic rings. The van der Waals surface area contributed by atoms with Crippen molar-refractivity contribution in [2.45, 2.75) is 32.2 Å². The Morgan fingerprint density at radius 2 is 1.68 bits per heavy atom. The molecule has 6 heteroatoms. The van der Waals surface area contributed by atoms with Crippen LogP contribution in [-0.4, -0.2) is 45.2 Å². The molecule has 6 rings (SSSR count). The summed E-state index contributed by atoms with van der Waals surface area (Å²) in [5.41, 5.74) is 5.71. The van der Waals surface area contributed by atoms with Crippen molar-refractivity contribution in [3.8, 4) is 16.9 Å². The number of rotatable bonds is 8. The van der Waals surface area contributed by atoms with E-state index in [9.17, 15) is 4.79 Å². The zero-order chi connectivity index (χ0) is 25.1. The van der Waals surface area contributed by atoms with Gasteiger partial charge in [0.1, 0.15) is 0 Å². The van der Waals surface area contributed by atoms with Crippen LogP contribution >= 0.6 is 0 Å². The van der Waals surface area contributed by atoms with E-state index in [2.05, 4.69) is 57.8 Å². The standard InChI is InChI=1S/C31H33N5O/c37-30(33-18-14-26-11-7-8-17-32-26)28-21-31(28)15-19-35(20-16-31)22-25-23-36(27-12-5-2-6-13-27)34-29(25)24-9-3-1-4-10-24/h1-13,17,23,28H,14-16,18-22H2,(H,33,37)/t28-/m0/s1. The maximum Gasteiger partial charge on any atom is 0.223 e. The number of amides is 1. The molecule has 37 heavy (non-hydrogen) atoms. The number of carbonyl (C=O) groups excluding carboxylic acids is 1. The van der Waals surface area contributed by atoms with E-state index in [1.165, 1.54) is 5.56 Å². The number of hydrogen-bond donors (Lipinski definition) is 1. The molecule has 1 saturated carbocycles. The van der Waals surface area contributed by atoms with E-state index in [0.717, 1.165) is 68.0 Å². The Hall–Kier alpha value is -3.77. The van der Waals surface area contributed by atoms with E-state index in [4.69, 9.17) is 5.10 Å². The molecule has 1 atom stereocenters. The lowest BCUT2D eigenvalue weighted by atomic mass is 9.90. The molecule has 0 unspecified atom stereocenters. The predicted molar refractivity (Wildman–Crippen MR) is 145 cm³/mol. The number of nitrogens with zero attached hydrogens (tertiary/aromatic N) is 4. The van der Waals surface area contributed by atoms with Crippen LogP contribution in [0, 0.1) is 11.3 Å². The minimum atomic E-state index is 0.166. The summed E-state index contributed by atoms with van der Waals surface area (Å²) in [7, 11) is 0. The van der Waals surface area contributed by atoms with Crippen LogP contribution in [0.15, 0.2) is 91.3 Å². The third-order valence-corrected chi connectivity index (χ3v) is 8.02. The number of likely N-dealkylation sites (tertiary alicyclic amines) is 1. The van der Waals surface area contributed by atoms with Crippen molar-refractivity contribution in [3.05, 3.63) is 103 Å². The maximum atomic E-state index is 12.8. The van der Waals surface area contributed by atoms with Crippen molar-refractivity contribution in [2.24, 2.45) is 11.3 Å². The highest BCUT2D eigenvalue weighted by Crippen LogP contribution is 2.59. The minimum absolute atomic E-state index is 0.166. The third kappa shape index (κ3) is 5.20. The van der Waals surface area contributed by atoms with Gasteiger partial charge in [0.15, 0.2) is 0 Å². The summed E-state index contributed by atoms with van der Waals surface area (Å²) >= 11 is 0. The Bertz CT molecular complexity index is 1330. The number of pyridine rings is 1. The molecule has 1 aliphatic heterocycles. The van der Waals surface area contributed by atoms with Gasteiger partial charge in [-0.25, -0.2) is 4.68 Å². The van der Waals surface area contributed by atoms with Crippen molar-refractivity contribution in [1.82, 2.24) is 25.0 Å². The molecule has 2 aromatic heterocycles. The van der Waals surface area contributed by atoms with Gasteiger partial charge < -0.3 is 5.32 Å². The smallest absolute Gasteiger partial charge is 0.223 e. The molecule has 188 valence electrons. The van der Waals surface area contributed by atoms with Gasteiger partial charge in [0.25, 0.3) is 0 Å². The Morgan fingerprint density at radius 1 is 0.946 bits per heavy atom. The van der Waals surface area contributed by atoms with Crippen molar-refractivity contribution >= 4 is 5.91 Å². The molecule has 1 spiro atoms. The fraction of sp³-hybridized carbons (Fsp3) is 0.323. The van der Waals surface area contributed by atoms with Gasteiger partial charge in [0.05, 0.1) is 11.4 Å². The number of para-hydroxylation sites is 1. The molecular formula is C31H33N5O. The molecular weight excluding hydrogens is 458 g/mol. The van der Waals surface area contributed by atoms with E-state index < -0.39 is 0 Å². The predicted octanol–water partition coefficient (Wildman–Crippen LogP) is 4.90. The summed E-state index contributed by atoms with van der Waals surface area (Å²) in [5, 5.41) is 8.13. The Balaban J connectivity index is 1.07. The topological polar surface area (TPSA) is 63.1 Å². The second kappa shape index (κ2) is 10.3. The second-order valence-electron chi connectivity index (χ2n) is 10.4. The Labute approximate surface area is 218 Å². The van der Waals surface area contributed by atoms with E-state index in [0.29, 0.717) is 6.54 Å². The van der Waals surface area contributed by atoms with Gasteiger partial charge in [0.2, 0.25) is 5.91 Å². The van der Waals surface area contributed by atoms with Crippen molar-refractivity contribution in [3.63, 3.8) is 0 Å². The molecule has 0 radical (unpaired) electrons. The molecule has 1 amide bonds. The molecule has 2 aliphatic rings. The van der Waals surface area contributed by atoms with E-state index in [1.807, 2.05) is 47.1 Å². The van der Waals surface area contributed by atoms with Gasteiger partial charge in [-0.15, -0.1) is 0 Å². The molecule has 1 saturated heterocycles. The number of piperidine rings is 1. The van der Waals surface area contributed by atoms with Gasteiger partial charge in [0, 0.05) is 54.6 Å². The summed E-state index contributed by atoms with van der Waals surface area (Å²) in [5.74, 6) is 0.388. The van der Waals surface area contributed by atoms with E-state index in [-0.39, 0.29) is 17.2 Å². The zero-order valence-electron chi connectivity index (χ0n) is 21.1. The zero-order valence-corrected chi connectivity index (χ0v) is 21.1. The molecule has 2 aromatic carbocycles. The van der Waals surface area contributed by atoms with Crippen molar-refractivity contribution in [1.29, 1.82) is 0 Å². The van der Waals surface area contributed by atoms with Crippen LogP contribution in [0.2, 0.25) is 0 Å². The average molecular weight is 492 g/mol. The number of hydrogen-bond acceptors (Lipinski definition) is 4. The SMILES string of the molecule is O=C(NCCc1ccccn1)[C@@H]1CC12CCN(Cc1cn(-c3ccccc3)nc1-c1ccccc1)CC2. The minimum Gasteiger partial charge on any atom is -0.355 e. The van der Waals surface area contributed by atoms with Crippen LogP contribution in [0.4, 0.5) is 0 Å². The lowest BCUT2D eigenvalue weighted by molar-refractivity contribution is -0.123. The highest BCUT2D eigenvalue weighted by molar-refractivity contribution is 5.82. The quantitative estimate of drug-likeness (QED) is 0.381. The number of aromatic nitrogens is 3. The van der Waals surface area contributed by atoms with Gasteiger partial charge in [-0.2, -0.15) is 5.10 Å². The first-order chi connectivity index (χ1) is 18.2. The van der Waals surface area contributed by atoms with E-state index >= 15 is 0 Å².